The van der Waals surface area contributed by atoms with Crippen molar-refractivity contribution in [3.63, 3.8) is 0 Å². The molecule has 15 aromatic rings. The number of aromatic nitrogens is 1. The van der Waals surface area contributed by atoms with E-state index >= 15 is 0 Å². The second-order valence-electron chi connectivity index (χ2n) is 19.6. The Morgan fingerprint density at radius 1 is 0.253 bits per heavy atom. The van der Waals surface area contributed by atoms with Crippen molar-refractivity contribution in [3.05, 3.63) is 279 Å². The van der Waals surface area contributed by atoms with Gasteiger partial charge in [0, 0.05) is 55.1 Å². The molecule has 2 heterocycles. The molecule has 350 valence electrons. The van der Waals surface area contributed by atoms with E-state index in [1.165, 1.54) is 71.0 Å². The van der Waals surface area contributed by atoms with Crippen molar-refractivity contribution in [2.75, 3.05) is 4.90 Å². The number of benzene rings is 13. The predicted molar refractivity (Wildman–Crippen MR) is 317 cm³/mol. The average molecular weight is 955 g/mol. The lowest BCUT2D eigenvalue weighted by Gasteiger charge is -2.26. The molecule has 13 aromatic carbocycles. The largest absolute Gasteiger partial charge is 0.455 e. The predicted octanol–water partition coefficient (Wildman–Crippen LogP) is 20.3. The first kappa shape index (κ1) is 42.7. The molecule has 0 aliphatic heterocycles. The topological polar surface area (TPSA) is 21.3 Å². The molecule has 0 fully saturated rings. The van der Waals surface area contributed by atoms with Crippen molar-refractivity contribution >= 4 is 93.1 Å². The van der Waals surface area contributed by atoms with Gasteiger partial charge in [0.25, 0.3) is 0 Å². The lowest BCUT2D eigenvalue weighted by Crippen LogP contribution is -2.09. The van der Waals surface area contributed by atoms with Gasteiger partial charge in [0.15, 0.2) is 0 Å². The van der Waals surface area contributed by atoms with Gasteiger partial charge in [0.05, 0.1) is 16.7 Å². The fourth-order valence-corrected chi connectivity index (χ4v) is 11.7. The Bertz CT molecular complexity index is 4620. The third kappa shape index (κ3) is 7.12. The van der Waals surface area contributed by atoms with Gasteiger partial charge in [-0.05, 0) is 127 Å². The molecule has 0 atom stereocenters. The number of para-hydroxylation sites is 4. The van der Waals surface area contributed by atoms with Gasteiger partial charge in [0.2, 0.25) is 0 Å². The van der Waals surface area contributed by atoms with E-state index in [0.717, 1.165) is 72.3 Å². The van der Waals surface area contributed by atoms with E-state index in [1.54, 1.807) is 0 Å². The monoisotopic (exact) mass is 954 g/mol. The summed E-state index contributed by atoms with van der Waals surface area (Å²) >= 11 is 0. The fourth-order valence-electron chi connectivity index (χ4n) is 11.7. The molecule has 0 unspecified atom stereocenters. The van der Waals surface area contributed by atoms with E-state index < -0.39 is 0 Å². The van der Waals surface area contributed by atoms with Gasteiger partial charge in [-0.1, -0.05) is 212 Å². The second-order valence-corrected chi connectivity index (χ2v) is 19.6. The molecule has 0 saturated heterocycles. The highest BCUT2D eigenvalue weighted by molar-refractivity contribution is 6.17. The maximum absolute atomic E-state index is 6.78. The molecule has 0 aliphatic carbocycles. The fraction of sp³-hybridized carbons (Fsp3) is 0. The normalized spacial score (nSPS) is 11.7. The van der Waals surface area contributed by atoms with E-state index in [9.17, 15) is 0 Å². The molecule has 3 nitrogen and oxygen atoms in total. The molecular formula is C72H46N2O. The lowest BCUT2D eigenvalue weighted by atomic mass is 9.96. The Morgan fingerprint density at radius 3 is 1.33 bits per heavy atom. The molecule has 15 rings (SSSR count). The van der Waals surface area contributed by atoms with Gasteiger partial charge in [-0.25, -0.2) is 0 Å². The molecule has 75 heavy (non-hydrogen) atoms. The molecule has 3 heteroatoms. The zero-order valence-electron chi connectivity index (χ0n) is 40.9. The van der Waals surface area contributed by atoms with Crippen molar-refractivity contribution in [1.29, 1.82) is 0 Å². The van der Waals surface area contributed by atoms with Crippen LogP contribution < -0.4 is 4.90 Å². The summed E-state index contributed by atoms with van der Waals surface area (Å²) in [6, 6.07) is 101. The van der Waals surface area contributed by atoms with E-state index in [1.807, 2.05) is 0 Å². The van der Waals surface area contributed by atoms with Crippen LogP contribution in [-0.4, -0.2) is 4.57 Å². The summed E-state index contributed by atoms with van der Waals surface area (Å²) in [5.74, 6) is 0. The van der Waals surface area contributed by atoms with Crippen molar-refractivity contribution in [2.45, 2.75) is 0 Å². The van der Waals surface area contributed by atoms with Crippen LogP contribution in [0.25, 0.3) is 126 Å². The number of furan rings is 1. The van der Waals surface area contributed by atoms with Gasteiger partial charge in [0.1, 0.15) is 11.2 Å². The van der Waals surface area contributed by atoms with E-state index in [-0.39, 0.29) is 0 Å². The summed E-state index contributed by atoms with van der Waals surface area (Å²) in [5.41, 5.74) is 17.8. The first-order valence-corrected chi connectivity index (χ1v) is 25.7. The highest BCUT2D eigenvalue weighted by Gasteiger charge is 2.19. The third-order valence-electron chi connectivity index (χ3n) is 15.4. The van der Waals surface area contributed by atoms with Crippen LogP contribution in [0.4, 0.5) is 17.1 Å². The minimum atomic E-state index is 0.903. The van der Waals surface area contributed by atoms with Crippen LogP contribution in [0.15, 0.2) is 283 Å². The van der Waals surface area contributed by atoms with Crippen LogP contribution in [0.5, 0.6) is 0 Å². The Morgan fingerprint density at radius 2 is 0.667 bits per heavy atom. The van der Waals surface area contributed by atoms with Crippen LogP contribution in [-0.2, 0) is 0 Å². The van der Waals surface area contributed by atoms with Crippen molar-refractivity contribution in [2.24, 2.45) is 0 Å². The molecule has 0 bridgehead atoms. The van der Waals surface area contributed by atoms with E-state index in [2.05, 4.69) is 289 Å². The maximum Gasteiger partial charge on any atom is 0.143 e. The standard InChI is InChI=1S/C72H46N2O/c1-3-14-59-50(12-1)28-29-55-46-54(37-44-60(55)59)49-26-24-47(25-27-49)48-30-38-56(39-31-48)73(58-42-34-53(35-43-58)63-19-11-20-66-67-45-36-51-13-2-4-16-62(51)72(67)75-71(63)66)57-40-32-52(33-41-57)61-15-5-8-21-68(61)74-69-22-9-6-17-64(69)65-18-7-10-23-70(65)74/h1-46H. The number of nitrogens with zero attached hydrogens (tertiary/aromatic N) is 2. The Kier molecular flexibility index (Phi) is 9.89. The van der Waals surface area contributed by atoms with Crippen molar-refractivity contribution in [3.8, 4) is 50.2 Å². The summed E-state index contributed by atoms with van der Waals surface area (Å²) in [6.07, 6.45) is 0. The number of hydrogen-bond acceptors (Lipinski definition) is 2. The lowest BCUT2D eigenvalue weighted by molar-refractivity contribution is 0.674. The zero-order valence-corrected chi connectivity index (χ0v) is 40.9. The summed E-state index contributed by atoms with van der Waals surface area (Å²) in [4.78, 5) is 2.36. The summed E-state index contributed by atoms with van der Waals surface area (Å²) < 4.78 is 9.19. The van der Waals surface area contributed by atoms with Crippen LogP contribution >= 0.6 is 0 Å². The third-order valence-corrected chi connectivity index (χ3v) is 15.4. The molecular weight excluding hydrogens is 909 g/mol. The number of fused-ring (bicyclic) bond motifs is 11. The summed E-state index contributed by atoms with van der Waals surface area (Å²) in [7, 11) is 0. The molecule has 2 aromatic heterocycles. The average Bonchev–Trinajstić information content (AvgIpc) is 4.07. The number of hydrogen-bond donors (Lipinski definition) is 0. The van der Waals surface area contributed by atoms with Crippen molar-refractivity contribution in [1.82, 2.24) is 4.57 Å². The van der Waals surface area contributed by atoms with Gasteiger partial charge in [-0.2, -0.15) is 0 Å². The Balaban J connectivity index is 0.795. The smallest absolute Gasteiger partial charge is 0.143 e. The Hall–Kier alpha value is -9.96. The molecule has 0 spiro atoms. The molecule has 0 radical (unpaired) electrons. The minimum absolute atomic E-state index is 0.903. The summed E-state index contributed by atoms with van der Waals surface area (Å²) in [5, 5.41) is 12.1. The van der Waals surface area contributed by atoms with Crippen LogP contribution in [0, 0.1) is 0 Å². The maximum atomic E-state index is 6.78. The van der Waals surface area contributed by atoms with Gasteiger partial charge >= 0.3 is 0 Å². The second kappa shape index (κ2) is 17.4. The quantitative estimate of drug-likeness (QED) is 0.142. The zero-order chi connectivity index (χ0) is 49.4. The molecule has 0 aliphatic rings. The van der Waals surface area contributed by atoms with Crippen LogP contribution in [0.3, 0.4) is 0 Å². The highest BCUT2D eigenvalue weighted by Crippen LogP contribution is 2.43. The molecule has 0 amide bonds. The minimum Gasteiger partial charge on any atom is -0.455 e. The first-order chi connectivity index (χ1) is 37.2. The van der Waals surface area contributed by atoms with E-state index in [0.29, 0.717) is 0 Å². The van der Waals surface area contributed by atoms with Gasteiger partial charge in [-0.15, -0.1) is 0 Å². The number of anilines is 3. The van der Waals surface area contributed by atoms with Crippen molar-refractivity contribution < 1.29 is 4.42 Å². The first-order valence-electron chi connectivity index (χ1n) is 25.7. The Labute approximate surface area is 434 Å². The van der Waals surface area contributed by atoms with Crippen LogP contribution in [0.1, 0.15) is 0 Å². The highest BCUT2D eigenvalue weighted by atomic mass is 16.3. The van der Waals surface area contributed by atoms with Crippen LogP contribution in [0.2, 0.25) is 0 Å². The summed E-state index contributed by atoms with van der Waals surface area (Å²) in [6.45, 7) is 0. The molecule has 0 N–H and O–H groups in total. The van der Waals surface area contributed by atoms with E-state index in [4.69, 9.17) is 4.42 Å². The SMILES string of the molecule is c1ccc(-n2c3ccccc3c3ccccc32)c(-c2ccc(N(c3ccc(-c4ccc(-c5ccc6c(ccc7ccccc76)c5)cc4)cc3)c3ccc(-c4cccc5c4oc4c6ccccc6ccc54)cc3)cc2)c1. The van der Waals surface area contributed by atoms with Gasteiger partial charge < -0.3 is 13.9 Å². The van der Waals surface area contributed by atoms with Gasteiger partial charge in [-0.3, -0.25) is 0 Å². The number of rotatable bonds is 8. The molecule has 0 saturated carbocycles.